The zero-order valence-corrected chi connectivity index (χ0v) is 22.0. The average Bonchev–Trinajstić information content (AvgIpc) is 2.82. The first kappa shape index (κ1) is 27.0. The molecule has 190 valence electrons. The van der Waals surface area contributed by atoms with Crippen LogP contribution in [-0.4, -0.2) is 40.1 Å². The van der Waals surface area contributed by atoms with Gasteiger partial charge < -0.3 is 9.47 Å². The summed E-state index contributed by atoms with van der Waals surface area (Å²) in [5.74, 6) is -0.428. The van der Waals surface area contributed by atoms with Crippen molar-refractivity contribution >= 4 is 39.3 Å². The van der Waals surface area contributed by atoms with Gasteiger partial charge in [-0.2, -0.15) is 0 Å². The summed E-state index contributed by atoms with van der Waals surface area (Å²) in [5.41, 5.74) is 0.319. The highest BCUT2D eigenvalue weighted by Gasteiger charge is 2.33. The second kappa shape index (κ2) is 11.4. The number of carbonyl (C=O) groups is 2. The van der Waals surface area contributed by atoms with Gasteiger partial charge in [-0.3, -0.25) is 4.31 Å². The third-order valence-corrected chi connectivity index (χ3v) is 8.61. The molecule has 9 heteroatoms. The van der Waals surface area contributed by atoms with Crippen molar-refractivity contribution in [1.29, 1.82) is 0 Å². The van der Waals surface area contributed by atoms with Gasteiger partial charge in [0.25, 0.3) is 10.0 Å². The molecule has 1 aliphatic carbocycles. The van der Waals surface area contributed by atoms with Crippen LogP contribution < -0.4 is 4.31 Å². The molecule has 7 nitrogen and oxygen atoms in total. The molecule has 0 aromatic heterocycles. The van der Waals surface area contributed by atoms with Crippen molar-refractivity contribution in [3.8, 4) is 0 Å². The predicted octanol–water partition coefficient (Wildman–Crippen LogP) is 5.33. The Bertz CT molecular complexity index is 1150. The number of nitrogens with zero attached hydrogens (tertiary/aromatic N) is 1. The molecule has 0 N–H and O–H groups in total. The molecular formula is C26H32ClNO6S. The molecule has 2 aromatic rings. The number of sulfonamides is 1. The van der Waals surface area contributed by atoms with Crippen LogP contribution >= 0.6 is 11.6 Å². The number of carbonyl (C=O) groups excluding carboxylic acids is 2. The van der Waals surface area contributed by atoms with Crippen LogP contribution in [0, 0.1) is 17.8 Å². The summed E-state index contributed by atoms with van der Waals surface area (Å²) < 4.78 is 38.1. The Balaban J connectivity index is 1.68. The summed E-state index contributed by atoms with van der Waals surface area (Å²) in [7, 11) is -2.54. The van der Waals surface area contributed by atoms with E-state index in [1.807, 2.05) is 0 Å². The molecule has 0 saturated heterocycles. The van der Waals surface area contributed by atoms with Gasteiger partial charge in [-0.1, -0.05) is 57.0 Å². The van der Waals surface area contributed by atoms with Crippen LogP contribution in [0.15, 0.2) is 53.4 Å². The molecule has 3 rings (SSSR count). The predicted molar refractivity (Wildman–Crippen MR) is 135 cm³/mol. The van der Waals surface area contributed by atoms with Gasteiger partial charge in [0, 0.05) is 7.05 Å². The van der Waals surface area contributed by atoms with Crippen molar-refractivity contribution in [2.45, 2.75) is 51.0 Å². The number of esters is 2. The first-order valence-corrected chi connectivity index (χ1v) is 13.5. The van der Waals surface area contributed by atoms with Gasteiger partial charge in [0.2, 0.25) is 0 Å². The van der Waals surface area contributed by atoms with E-state index in [4.69, 9.17) is 21.1 Å². The molecule has 0 aliphatic heterocycles. The Morgan fingerprint density at radius 3 is 2.46 bits per heavy atom. The van der Waals surface area contributed by atoms with E-state index in [0.717, 1.165) is 29.6 Å². The Morgan fingerprint density at radius 1 is 1.11 bits per heavy atom. The molecule has 0 amide bonds. The van der Waals surface area contributed by atoms with E-state index in [9.17, 15) is 18.0 Å². The molecule has 0 bridgehead atoms. The van der Waals surface area contributed by atoms with Crippen molar-refractivity contribution < 1.29 is 27.5 Å². The summed E-state index contributed by atoms with van der Waals surface area (Å²) in [5, 5.41) is 0.0191. The minimum absolute atomic E-state index is 0.0191. The van der Waals surface area contributed by atoms with Crippen LogP contribution in [0.3, 0.4) is 0 Å². The summed E-state index contributed by atoms with van der Waals surface area (Å²) in [6, 6.07) is 12.3. The number of para-hydroxylation sites is 1. The molecule has 1 fully saturated rings. The van der Waals surface area contributed by atoms with Crippen LogP contribution in [0.1, 0.15) is 50.4 Å². The van der Waals surface area contributed by atoms with Crippen LogP contribution in [0.25, 0.3) is 0 Å². The van der Waals surface area contributed by atoms with Crippen LogP contribution in [0.5, 0.6) is 0 Å². The van der Waals surface area contributed by atoms with Gasteiger partial charge in [-0.15, -0.1) is 0 Å². The number of hydrogen-bond donors (Lipinski definition) is 0. The number of hydrogen-bond acceptors (Lipinski definition) is 6. The molecule has 0 heterocycles. The lowest BCUT2D eigenvalue weighted by atomic mass is 9.75. The molecule has 3 atom stereocenters. The van der Waals surface area contributed by atoms with E-state index in [2.05, 4.69) is 20.8 Å². The second-order valence-electron chi connectivity index (χ2n) is 9.38. The number of benzene rings is 2. The van der Waals surface area contributed by atoms with E-state index in [1.54, 1.807) is 30.3 Å². The van der Waals surface area contributed by atoms with Crippen molar-refractivity contribution in [1.82, 2.24) is 0 Å². The molecule has 35 heavy (non-hydrogen) atoms. The maximum absolute atomic E-state index is 13.1. The zero-order chi connectivity index (χ0) is 25.8. The fraction of sp³-hybridized carbons (Fsp3) is 0.462. The summed E-state index contributed by atoms with van der Waals surface area (Å²) in [6.45, 7) is 5.78. The highest BCUT2D eigenvalue weighted by molar-refractivity contribution is 7.92. The first-order valence-electron chi connectivity index (χ1n) is 11.7. The highest BCUT2D eigenvalue weighted by atomic mass is 35.5. The molecule has 0 spiro atoms. The van der Waals surface area contributed by atoms with Gasteiger partial charge in [0.1, 0.15) is 6.10 Å². The third-order valence-electron chi connectivity index (χ3n) is 6.50. The van der Waals surface area contributed by atoms with Crippen LogP contribution in [-0.2, 0) is 24.3 Å². The normalized spacial score (nSPS) is 20.3. The summed E-state index contributed by atoms with van der Waals surface area (Å²) in [6.07, 6.45) is 2.66. The van der Waals surface area contributed by atoms with E-state index in [-0.39, 0.29) is 27.5 Å². The molecule has 0 unspecified atom stereocenters. The van der Waals surface area contributed by atoms with E-state index in [1.165, 1.54) is 19.2 Å². The third kappa shape index (κ3) is 6.55. The zero-order valence-electron chi connectivity index (χ0n) is 20.4. The van der Waals surface area contributed by atoms with Gasteiger partial charge >= 0.3 is 11.9 Å². The van der Waals surface area contributed by atoms with Crippen LogP contribution in [0.2, 0.25) is 5.02 Å². The van der Waals surface area contributed by atoms with Gasteiger partial charge in [-0.25, -0.2) is 18.0 Å². The number of rotatable bonds is 8. The lowest BCUT2D eigenvalue weighted by Gasteiger charge is -2.36. The van der Waals surface area contributed by atoms with Gasteiger partial charge in [0.05, 0.1) is 21.2 Å². The summed E-state index contributed by atoms with van der Waals surface area (Å²) in [4.78, 5) is 25.0. The quantitative estimate of drug-likeness (QED) is 0.436. The largest absolute Gasteiger partial charge is 0.460 e. The Morgan fingerprint density at radius 2 is 1.80 bits per heavy atom. The van der Waals surface area contributed by atoms with Crippen molar-refractivity contribution in [3.05, 3.63) is 59.1 Å². The Labute approximate surface area is 212 Å². The minimum atomic E-state index is -3.96. The smallest absolute Gasteiger partial charge is 0.344 e. The van der Waals surface area contributed by atoms with E-state index >= 15 is 0 Å². The Kier molecular flexibility index (Phi) is 8.83. The van der Waals surface area contributed by atoms with Crippen LogP contribution in [0.4, 0.5) is 5.69 Å². The fourth-order valence-electron chi connectivity index (χ4n) is 4.41. The van der Waals surface area contributed by atoms with Crippen molar-refractivity contribution in [3.63, 3.8) is 0 Å². The van der Waals surface area contributed by atoms with Gasteiger partial charge in [-0.05, 0) is 60.9 Å². The second-order valence-corrected chi connectivity index (χ2v) is 11.8. The standard InChI is InChI=1S/C26H32ClNO6S/c1-17(2)21-12-10-18(3)14-24(21)34-25(29)16-33-26(30)22-15-20(11-13-23(22)27)35(31,32)28(4)19-8-6-5-7-9-19/h5-9,11,13,15,17-18,21,24H,10,12,14,16H2,1-4H3/t18-,21-,24-/m0/s1. The number of halogens is 1. The fourth-order valence-corrected chi connectivity index (χ4v) is 5.83. The minimum Gasteiger partial charge on any atom is -0.460 e. The SMILES string of the molecule is CC(C)[C@@H]1CC[C@H](C)C[C@@H]1OC(=O)COC(=O)c1cc(S(=O)(=O)N(C)c2ccccc2)ccc1Cl. The topological polar surface area (TPSA) is 90.0 Å². The van der Waals surface area contributed by atoms with E-state index < -0.39 is 28.6 Å². The molecule has 1 aliphatic rings. The lowest BCUT2D eigenvalue weighted by Crippen LogP contribution is -2.36. The van der Waals surface area contributed by atoms with Crippen molar-refractivity contribution in [2.24, 2.45) is 17.8 Å². The monoisotopic (exact) mass is 521 g/mol. The lowest BCUT2D eigenvalue weighted by molar-refractivity contribution is -0.159. The maximum atomic E-state index is 13.1. The highest BCUT2D eigenvalue weighted by Crippen LogP contribution is 2.35. The molecular weight excluding hydrogens is 490 g/mol. The molecule has 2 aromatic carbocycles. The Hall–Kier alpha value is -2.58. The van der Waals surface area contributed by atoms with E-state index in [0.29, 0.717) is 17.5 Å². The average molecular weight is 522 g/mol. The molecule has 0 radical (unpaired) electrons. The maximum Gasteiger partial charge on any atom is 0.344 e. The van der Waals surface area contributed by atoms with Crippen molar-refractivity contribution in [2.75, 3.05) is 18.0 Å². The number of ether oxygens (including phenoxy) is 2. The first-order chi connectivity index (χ1) is 16.5. The number of anilines is 1. The summed E-state index contributed by atoms with van der Waals surface area (Å²) >= 11 is 6.15. The molecule has 1 saturated carbocycles. The van der Waals surface area contributed by atoms with Gasteiger partial charge in [0.15, 0.2) is 6.61 Å².